The van der Waals surface area contributed by atoms with Crippen molar-refractivity contribution in [1.29, 1.82) is 0 Å². The van der Waals surface area contributed by atoms with Crippen LogP contribution in [0.25, 0.3) is 4.96 Å². The van der Waals surface area contributed by atoms with E-state index in [1.165, 1.54) is 4.90 Å². The van der Waals surface area contributed by atoms with Crippen LogP contribution >= 0.6 is 11.3 Å². The number of rotatable bonds is 5. The summed E-state index contributed by atoms with van der Waals surface area (Å²) in [5, 5.41) is 13.3. The van der Waals surface area contributed by atoms with Crippen molar-refractivity contribution in [2.45, 2.75) is 23.5 Å². The maximum absolute atomic E-state index is 13.3. The van der Waals surface area contributed by atoms with Gasteiger partial charge in [0.15, 0.2) is 5.69 Å². The van der Waals surface area contributed by atoms with Crippen molar-refractivity contribution < 1.29 is 49.4 Å². The highest BCUT2D eigenvalue weighted by Gasteiger charge is 2.42. The molecule has 0 amide bonds. The number of carbonyl (C=O) groups is 1. The molecule has 0 unspecified atom stereocenters. The van der Waals surface area contributed by atoms with Gasteiger partial charge in [-0.15, -0.1) is 18.3 Å². The number of aliphatic carboxylic acids is 1. The maximum Gasteiger partial charge on any atom is 0.573 e. The molecule has 3 aromatic rings. The third-order valence-electron chi connectivity index (χ3n) is 5.08. The summed E-state index contributed by atoms with van der Waals surface area (Å²) in [5.74, 6) is -2.28. The maximum atomic E-state index is 13.3. The number of fused-ring (bicyclic) bond motifs is 1. The molecule has 200 valence electrons. The molecule has 0 bridgehead atoms. The summed E-state index contributed by atoms with van der Waals surface area (Å²) in [6, 6.07) is 1.66. The molecule has 1 fully saturated rings. The van der Waals surface area contributed by atoms with Gasteiger partial charge in [-0.1, -0.05) is 11.3 Å². The zero-order valence-corrected chi connectivity index (χ0v) is 19.5. The molecular weight excluding hydrogens is 560 g/mol. The Hall–Kier alpha value is -3.45. The van der Waals surface area contributed by atoms with Gasteiger partial charge in [0, 0.05) is 25.7 Å². The average molecular weight is 573 g/mol. The van der Waals surface area contributed by atoms with Gasteiger partial charge in [0.25, 0.3) is 5.56 Å². The molecule has 1 saturated heterocycles. The van der Waals surface area contributed by atoms with Crippen LogP contribution in [0, 0.1) is 0 Å². The Morgan fingerprint density at radius 1 is 1.11 bits per heavy atom. The second-order valence-corrected chi connectivity index (χ2v) is 10.3. The van der Waals surface area contributed by atoms with E-state index in [2.05, 4.69) is 14.8 Å². The highest BCUT2D eigenvalue weighted by Crippen LogP contribution is 2.33. The first-order valence-corrected chi connectivity index (χ1v) is 12.2. The number of hydrogen-bond acceptors (Lipinski definition) is 9. The van der Waals surface area contributed by atoms with Crippen LogP contribution in [0.1, 0.15) is 5.69 Å². The van der Waals surface area contributed by atoms with Crippen LogP contribution in [0.5, 0.6) is 5.75 Å². The van der Waals surface area contributed by atoms with Gasteiger partial charge >= 0.3 is 18.5 Å². The first-order valence-electron chi connectivity index (χ1n) is 9.90. The fraction of sp³-hybridized carbons (Fsp3) is 0.333. The predicted octanol–water partition coefficient (Wildman–Crippen LogP) is 2.03. The molecule has 1 aliphatic rings. The second-order valence-electron chi connectivity index (χ2n) is 7.49. The van der Waals surface area contributed by atoms with Crippen molar-refractivity contribution in [3.63, 3.8) is 0 Å². The van der Waals surface area contributed by atoms with Gasteiger partial charge < -0.3 is 14.7 Å². The Labute approximate surface area is 206 Å². The SMILES string of the molecule is O=C(O)[C@H]1CN(c2nn3c(C(F)(F)F)cc(=O)nc3s2)CCN1S(=O)(=O)c1ccc(OC(F)(F)F)cc1. The number of anilines is 1. The van der Waals surface area contributed by atoms with E-state index in [0.29, 0.717) is 20.2 Å². The number of halogens is 6. The van der Waals surface area contributed by atoms with E-state index in [1.54, 1.807) is 0 Å². The molecule has 1 aliphatic heterocycles. The molecule has 1 N–H and O–H groups in total. The number of hydrogen-bond donors (Lipinski definition) is 1. The fourth-order valence-electron chi connectivity index (χ4n) is 3.51. The van der Waals surface area contributed by atoms with Crippen LogP contribution in [0.3, 0.4) is 0 Å². The number of sulfonamides is 1. The highest BCUT2D eigenvalue weighted by molar-refractivity contribution is 7.89. The smallest absolute Gasteiger partial charge is 0.480 e. The van der Waals surface area contributed by atoms with E-state index in [1.807, 2.05) is 0 Å². The van der Waals surface area contributed by atoms with Gasteiger partial charge in [0.1, 0.15) is 11.8 Å². The van der Waals surface area contributed by atoms with Gasteiger partial charge in [-0.25, -0.2) is 8.42 Å². The summed E-state index contributed by atoms with van der Waals surface area (Å²) in [5.41, 5.74) is -2.55. The van der Waals surface area contributed by atoms with Gasteiger partial charge in [0.05, 0.1) is 4.90 Å². The van der Waals surface area contributed by atoms with Crippen molar-refractivity contribution in [2.24, 2.45) is 0 Å². The molecule has 4 rings (SSSR count). The minimum atomic E-state index is -5.00. The van der Waals surface area contributed by atoms with Crippen molar-refractivity contribution in [1.82, 2.24) is 18.9 Å². The quantitative estimate of drug-likeness (QED) is 0.455. The predicted molar refractivity (Wildman–Crippen MR) is 113 cm³/mol. The third kappa shape index (κ3) is 5.47. The lowest BCUT2D eigenvalue weighted by Crippen LogP contribution is -2.58. The molecule has 19 heteroatoms. The summed E-state index contributed by atoms with van der Waals surface area (Å²) < 4.78 is 108. The van der Waals surface area contributed by atoms with E-state index in [4.69, 9.17) is 0 Å². The molecule has 3 heterocycles. The van der Waals surface area contributed by atoms with Crippen molar-refractivity contribution in [3.8, 4) is 5.75 Å². The van der Waals surface area contributed by atoms with Crippen molar-refractivity contribution in [2.75, 3.05) is 24.5 Å². The number of nitrogens with zero attached hydrogens (tertiary/aromatic N) is 5. The molecule has 2 aromatic heterocycles. The summed E-state index contributed by atoms with van der Waals surface area (Å²) in [6.07, 6.45) is -9.94. The second kappa shape index (κ2) is 9.14. The van der Waals surface area contributed by atoms with Gasteiger partial charge in [-0.2, -0.15) is 27.0 Å². The Morgan fingerprint density at radius 2 is 1.76 bits per heavy atom. The van der Waals surface area contributed by atoms with Gasteiger partial charge in [-0.05, 0) is 24.3 Å². The standard InChI is InChI=1S/C18H13F6N5O6S2/c19-17(20,21)12-7-13(30)25-15-29(12)26-16(36-15)27-5-6-28(11(8-27)14(31)32)37(33,34)10-3-1-9(2-4-10)35-18(22,23)24/h1-4,7,11H,5-6,8H2,(H,31,32)/t11-/m1/s1. The average Bonchev–Trinajstić information content (AvgIpc) is 3.20. The Balaban J connectivity index is 1.62. The summed E-state index contributed by atoms with van der Waals surface area (Å²) in [7, 11) is -4.51. The van der Waals surface area contributed by atoms with Gasteiger partial charge in [0.2, 0.25) is 20.1 Å². The summed E-state index contributed by atoms with van der Waals surface area (Å²) >= 11 is 0.573. The lowest BCUT2D eigenvalue weighted by Gasteiger charge is -2.38. The molecule has 0 aliphatic carbocycles. The summed E-state index contributed by atoms with van der Waals surface area (Å²) in [4.78, 5) is 27.3. The first-order chi connectivity index (χ1) is 17.1. The third-order valence-corrected chi connectivity index (χ3v) is 7.98. The van der Waals surface area contributed by atoms with Crippen molar-refractivity contribution in [3.05, 3.63) is 46.4 Å². The Morgan fingerprint density at radius 3 is 2.32 bits per heavy atom. The Bertz CT molecular complexity index is 1500. The molecule has 11 nitrogen and oxygen atoms in total. The molecule has 1 atom stereocenters. The minimum Gasteiger partial charge on any atom is -0.480 e. The summed E-state index contributed by atoms with van der Waals surface area (Å²) in [6.45, 7) is -1.19. The molecular formula is C18H13F6N5O6S2. The monoisotopic (exact) mass is 573 g/mol. The van der Waals surface area contributed by atoms with Gasteiger partial charge in [-0.3, -0.25) is 9.59 Å². The largest absolute Gasteiger partial charge is 0.573 e. The molecule has 0 saturated carbocycles. The van der Waals surface area contributed by atoms with E-state index in [9.17, 15) is 49.5 Å². The molecule has 37 heavy (non-hydrogen) atoms. The van der Waals surface area contributed by atoms with Crippen LogP contribution in [0.2, 0.25) is 0 Å². The number of alkyl halides is 6. The minimum absolute atomic E-state index is 0.138. The zero-order valence-electron chi connectivity index (χ0n) is 17.9. The number of carboxylic acids is 1. The zero-order chi connectivity index (χ0) is 27.3. The lowest BCUT2D eigenvalue weighted by atomic mass is 10.2. The highest BCUT2D eigenvalue weighted by atomic mass is 32.2. The number of ether oxygens (including phenoxy) is 1. The molecule has 1 aromatic carbocycles. The lowest BCUT2D eigenvalue weighted by molar-refractivity contribution is -0.274. The van der Waals surface area contributed by atoms with E-state index >= 15 is 0 Å². The number of benzene rings is 1. The fourth-order valence-corrected chi connectivity index (χ4v) is 6.02. The van der Waals surface area contributed by atoms with Crippen LogP contribution in [0.4, 0.5) is 31.5 Å². The van der Waals surface area contributed by atoms with E-state index < -0.39 is 74.5 Å². The van der Waals surface area contributed by atoms with E-state index in [0.717, 1.165) is 24.3 Å². The van der Waals surface area contributed by atoms with Crippen LogP contribution in [-0.4, -0.2) is 70.4 Å². The van der Waals surface area contributed by atoms with Crippen LogP contribution in [-0.2, 0) is 21.0 Å². The van der Waals surface area contributed by atoms with E-state index in [-0.39, 0.29) is 17.7 Å². The van der Waals surface area contributed by atoms with Crippen LogP contribution in [0.15, 0.2) is 40.0 Å². The van der Waals surface area contributed by atoms with Crippen molar-refractivity contribution >= 4 is 37.4 Å². The first kappa shape index (κ1) is 26.6. The number of aromatic nitrogens is 3. The number of carboxylic acid groups (broad SMARTS) is 1. The topological polar surface area (TPSA) is 134 Å². The molecule has 0 radical (unpaired) electrons. The molecule has 0 spiro atoms. The number of piperazine rings is 1. The van der Waals surface area contributed by atoms with Crippen LogP contribution < -0.4 is 15.2 Å². The Kier molecular flexibility index (Phi) is 6.57. The normalized spacial score (nSPS) is 17.8.